The van der Waals surface area contributed by atoms with E-state index in [1.165, 1.54) is 4.52 Å². The van der Waals surface area contributed by atoms with Gasteiger partial charge in [-0.2, -0.15) is 0 Å². The van der Waals surface area contributed by atoms with E-state index >= 15 is 0 Å². The third-order valence-electron chi connectivity index (χ3n) is 4.24. The van der Waals surface area contributed by atoms with Gasteiger partial charge in [-0.3, -0.25) is 0 Å². The van der Waals surface area contributed by atoms with Crippen LogP contribution in [0.3, 0.4) is 0 Å². The molecule has 7 heteroatoms. The summed E-state index contributed by atoms with van der Waals surface area (Å²) in [6.07, 6.45) is 3.19. The summed E-state index contributed by atoms with van der Waals surface area (Å²) in [7, 11) is 0. The molecule has 0 spiro atoms. The average molecular weight is 339 g/mol. The molecule has 0 saturated heterocycles. The van der Waals surface area contributed by atoms with Crippen molar-refractivity contribution >= 4 is 11.5 Å². The highest BCUT2D eigenvalue weighted by Crippen LogP contribution is 2.25. The number of nitrogens with two attached hydrogens (primary N) is 1. The minimum atomic E-state index is -1.10. The lowest BCUT2D eigenvalue weighted by atomic mass is 9.81. The molecule has 0 aliphatic heterocycles. The van der Waals surface area contributed by atoms with Gasteiger partial charge in [0.1, 0.15) is 11.3 Å². The molecule has 25 heavy (non-hydrogen) atoms. The van der Waals surface area contributed by atoms with Crippen LogP contribution in [0.2, 0.25) is 0 Å². The summed E-state index contributed by atoms with van der Waals surface area (Å²) in [5.74, 6) is 7.02. The van der Waals surface area contributed by atoms with E-state index in [9.17, 15) is 5.11 Å². The van der Waals surface area contributed by atoms with Crippen LogP contribution in [-0.2, 0) is 0 Å². The standard InChI is InChI=1S/C18H21N5O2/c1-11(2)18(24,12(3)4)8-7-13-10-23-17(15(19)20-13)21-16(22-23)14-6-5-9-25-14/h5-6,9-12,24H,1-4H3,(H2,19,20). The molecule has 0 aromatic carbocycles. The molecule has 0 atom stereocenters. The first-order valence-corrected chi connectivity index (χ1v) is 8.13. The van der Waals surface area contributed by atoms with Crippen molar-refractivity contribution in [2.75, 3.05) is 5.73 Å². The van der Waals surface area contributed by atoms with Gasteiger partial charge < -0.3 is 15.3 Å². The van der Waals surface area contributed by atoms with Crippen LogP contribution in [0, 0.1) is 23.7 Å². The zero-order chi connectivity index (χ0) is 18.2. The number of anilines is 1. The monoisotopic (exact) mass is 339 g/mol. The second kappa shape index (κ2) is 6.22. The van der Waals surface area contributed by atoms with Crippen molar-refractivity contribution in [1.82, 2.24) is 19.6 Å². The summed E-state index contributed by atoms with van der Waals surface area (Å²) in [4.78, 5) is 8.59. The topological polar surface area (TPSA) is 102 Å². The van der Waals surface area contributed by atoms with Gasteiger partial charge in [0.25, 0.3) is 0 Å². The Kier molecular flexibility index (Phi) is 4.23. The highest BCUT2D eigenvalue weighted by molar-refractivity contribution is 5.63. The van der Waals surface area contributed by atoms with Crippen molar-refractivity contribution in [2.45, 2.75) is 33.3 Å². The lowest BCUT2D eigenvalue weighted by molar-refractivity contribution is 0.00931. The smallest absolute Gasteiger partial charge is 0.218 e. The van der Waals surface area contributed by atoms with E-state index in [4.69, 9.17) is 10.2 Å². The number of rotatable bonds is 3. The Morgan fingerprint density at radius 3 is 2.56 bits per heavy atom. The van der Waals surface area contributed by atoms with Crippen molar-refractivity contribution in [3.63, 3.8) is 0 Å². The Morgan fingerprint density at radius 1 is 1.24 bits per heavy atom. The predicted molar refractivity (Wildman–Crippen MR) is 94.4 cm³/mol. The highest BCUT2D eigenvalue weighted by Gasteiger charge is 2.32. The van der Waals surface area contributed by atoms with Crippen LogP contribution >= 0.6 is 0 Å². The number of nitrogens with zero attached hydrogens (tertiary/aromatic N) is 4. The Morgan fingerprint density at radius 2 is 1.96 bits per heavy atom. The molecule has 3 N–H and O–H groups in total. The summed E-state index contributed by atoms with van der Waals surface area (Å²) >= 11 is 0. The fraction of sp³-hybridized carbons (Fsp3) is 0.389. The van der Waals surface area contributed by atoms with Crippen LogP contribution in [0.5, 0.6) is 0 Å². The van der Waals surface area contributed by atoms with Crippen LogP contribution < -0.4 is 5.73 Å². The van der Waals surface area contributed by atoms with Gasteiger partial charge >= 0.3 is 0 Å². The largest absolute Gasteiger partial charge is 0.461 e. The summed E-state index contributed by atoms with van der Waals surface area (Å²) in [6.45, 7) is 7.75. The van der Waals surface area contributed by atoms with Gasteiger partial charge in [0.05, 0.1) is 12.5 Å². The van der Waals surface area contributed by atoms with Crippen LogP contribution in [0.4, 0.5) is 5.82 Å². The van der Waals surface area contributed by atoms with E-state index in [0.29, 0.717) is 22.9 Å². The number of fused-ring (bicyclic) bond motifs is 1. The molecular formula is C18H21N5O2. The summed E-state index contributed by atoms with van der Waals surface area (Å²) in [5, 5.41) is 15.1. The molecule has 0 saturated carbocycles. The van der Waals surface area contributed by atoms with Gasteiger partial charge in [0.15, 0.2) is 17.2 Å². The lowest BCUT2D eigenvalue weighted by Gasteiger charge is -2.30. The van der Waals surface area contributed by atoms with E-state index in [0.717, 1.165) is 0 Å². The molecule has 7 nitrogen and oxygen atoms in total. The normalized spacial score (nSPS) is 12.0. The molecule has 0 bridgehead atoms. The van der Waals surface area contributed by atoms with E-state index in [2.05, 4.69) is 26.9 Å². The van der Waals surface area contributed by atoms with Crippen LogP contribution in [0.1, 0.15) is 33.4 Å². The number of nitrogen functional groups attached to an aromatic ring is 1. The van der Waals surface area contributed by atoms with Crippen LogP contribution in [-0.4, -0.2) is 30.3 Å². The first kappa shape index (κ1) is 17.0. The third-order valence-corrected chi connectivity index (χ3v) is 4.24. The minimum Gasteiger partial charge on any atom is -0.461 e. The summed E-state index contributed by atoms with van der Waals surface area (Å²) in [5.41, 5.74) is 5.73. The Labute approximate surface area is 145 Å². The van der Waals surface area contributed by atoms with Crippen molar-refractivity contribution < 1.29 is 9.52 Å². The van der Waals surface area contributed by atoms with E-state index < -0.39 is 5.60 Å². The number of hydrogen-bond donors (Lipinski definition) is 2. The van der Waals surface area contributed by atoms with Gasteiger partial charge in [-0.15, -0.1) is 5.10 Å². The molecule has 0 radical (unpaired) electrons. The van der Waals surface area contributed by atoms with Crippen molar-refractivity contribution in [2.24, 2.45) is 11.8 Å². The SMILES string of the molecule is CC(C)C(O)(C#Cc1cn2nc(-c3ccco3)nc2c(N)n1)C(C)C. The van der Waals surface area contributed by atoms with E-state index in [-0.39, 0.29) is 17.7 Å². The number of furan rings is 1. The maximum Gasteiger partial charge on any atom is 0.218 e. The summed E-state index contributed by atoms with van der Waals surface area (Å²) < 4.78 is 6.83. The maximum absolute atomic E-state index is 10.8. The second-order valence-corrected chi connectivity index (χ2v) is 6.58. The van der Waals surface area contributed by atoms with Crippen LogP contribution in [0.25, 0.3) is 17.2 Å². The van der Waals surface area contributed by atoms with Crippen molar-refractivity contribution in [1.29, 1.82) is 0 Å². The van der Waals surface area contributed by atoms with E-state index in [1.807, 2.05) is 27.7 Å². The maximum atomic E-state index is 10.8. The molecular weight excluding hydrogens is 318 g/mol. The Bertz CT molecular complexity index is 937. The van der Waals surface area contributed by atoms with Gasteiger partial charge in [0, 0.05) is 0 Å². The van der Waals surface area contributed by atoms with Gasteiger partial charge in [-0.05, 0) is 29.9 Å². The number of aromatic nitrogens is 4. The molecule has 0 aliphatic carbocycles. The lowest BCUT2D eigenvalue weighted by Crippen LogP contribution is -2.39. The molecule has 3 rings (SSSR count). The molecule has 130 valence electrons. The average Bonchev–Trinajstić information content (AvgIpc) is 3.21. The Balaban J connectivity index is 2.03. The van der Waals surface area contributed by atoms with Gasteiger partial charge in [0.2, 0.25) is 5.82 Å². The first-order valence-electron chi connectivity index (χ1n) is 8.13. The first-order chi connectivity index (χ1) is 11.8. The predicted octanol–water partition coefficient (Wildman–Crippen LogP) is 2.36. The Hall–Kier alpha value is -2.85. The van der Waals surface area contributed by atoms with Gasteiger partial charge in [-0.1, -0.05) is 33.6 Å². The molecule has 0 fully saturated rings. The third kappa shape index (κ3) is 3.08. The quantitative estimate of drug-likeness (QED) is 0.710. The van der Waals surface area contributed by atoms with Crippen LogP contribution in [0.15, 0.2) is 29.0 Å². The fourth-order valence-electron chi connectivity index (χ4n) is 2.60. The second-order valence-electron chi connectivity index (χ2n) is 6.58. The molecule has 0 unspecified atom stereocenters. The summed E-state index contributed by atoms with van der Waals surface area (Å²) in [6, 6.07) is 3.53. The van der Waals surface area contributed by atoms with E-state index in [1.54, 1.807) is 24.6 Å². The fourth-order valence-corrected chi connectivity index (χ4v) is 2.60. The number of hydrogen-bond acceptors (Lipinski definition) is 6. The molecule has 0 aliphatic rings. The molecule has 3 heterocycles. The molecule has 0 amide bonds. The van der Waals surface area contributed by atoms with Crippen molar-refractivity contribution in [3.8, 4) is 23.4 Å². The zero-order valence-corrected chi connectivity index (χ0v) is 14.7. The highest BCUT2D eigenvalue weighted by atomic mass is 16.3. The minimum absolute atomic E-state index is 0.0157. The molecule has 3 aromatic heterocycles. The van der Waals surface area contributed by atoms with Crippen molar-refractivity contribution in [3.05, 3.63) is 30.3 Å². The molecule has 3 aromatic rings. The zero-order valence-electron chi connectivity index (χ0n) is 14.7. The van der Waals surface area contributed by atoms with Gasteiger partial charge in [-0.25, -0.2) is 14.5 Å². The number of aliphatic hydroxyl groups is 1.